The normalized spacial score (nSPS) is 10.2. The van der Waals surface area contributed by atoms with Crippen molar-refractivity contribution in [3.05, 3.63) is 52.8 Å². The van der Waals surface area contributed by atoms with Crippen LogP contribution in [0.2, 0.25) is 0 Å². The predicted molar refractivity (Wildman–Crippen MR) is 101 cm³/mol. The van der Waals surface area contributed by atoms with E-state index in [4.69, 9.17) is 32.7 Å². The number of carbonyl (C=O) groups excluding carboxylic acids is 1. The molecule has 1 heterocycles. The molecule has 0 bridgehead atoms. The van der Waals surface area contributed by atoms with Crippen molar-refractivity contribution in [1.29, 1.82) is 0 Å². The first-order valence-corrected chi connectivity index (χ1v) is 8.59. The molecule has 2 rings (SSSR count). The summed E-state index contributed by atoms with van der Waals surface area (Å²) in [6.45, 7) is 1.35. The predicted octanol–water partition coefficient (Wildman–Crippen LogP) is 2.91. The lowest BCUT2D eigenvalue weighted by molar-refractivity contribution is 0.0962. The van der Waals surface area contributed by atoms with Gasteiger partial charge in [0.2, 0.25) is 0 Å². The van der Waals surface area contributed by atoms with Crippen molar-refractivity contribution in [2.45, 2.75) is 13.0 Å². The summed E-state index contributed by atoms with van der Waals surface area (Å²) >= 11 is 11.7. The van der Waals surface area contributed by atoms with E-state index < -0.39 is 0 Å². The quantitative estimate of drug-likeness (QED) is 0.634. The average Bonchev–Trinajstić information content (AvgIpc) is 3.16. The number of methoxy groups -OCH3 is 2. The number of ether oxygens (including phenoxy) is 2. The molecule has 0 saturated heterocycles. The smallest absolute Gasteiger partial charge is 0.256 e. The van der Waals surface area contributed by atoms with Gasteiger partial charge in [-0.05, 0) is 24.6 Å². The number of rotatable bonds is 9. The molecule has 1 aromatic heterocycles. The van der Waals surface area contributed by atoms with E-state index in [1.165, 1.54) is 14.2 Å². The number of halogens is 2. The molecule has 0 aliphatic carbocycles. The molecule has 9 heteroatoms. The first-order valence-electron chi connectivity index (χ1n) is 7.83. The molecule has 140 valence electrons. The number of nitrogens with zero attached hydrogens (tertiary/aromatic N) is 2. The minimum absolute atomic E-state index is 0.0542. The van der Waals surface area contributed by atoms with Crippen LogP contribution in [0.3, 0.4) is 0 Å². The van der Waals surface area contributed by atoms with Crippen LogP contribution in [0.5, 0.6) is 11.5 Å². The van der Waals surface area contributed by atoms with Gasteiger partial charge in [-0.25, -0.2) is 4.98 Å². The van der Waals surface area contributed by atoms with Crippen LogP contribution in [0, 0.1) is 0 Å². The highest BCUT2D eigenvalue weighted by Crippen LogP contribution is 2.27. The van der Waals surface area contributed by atoms with Gasteiger partial charge in [-0.3, -0.25) is 4.79 Å². The van der Waals surface area contributed by atoms with E-state index in [0.717, 1.165) is 13.0 Å². The van der Waals surface area contributed by atoms with Crippen molar-refractivity contribution in [2.24, 2.45) is 0 Å². The second-order valence-corrected chi connectivity index (χ2v) is 6.19. The average molecular weight is 399 g/mol. The number of aryl methyl sites for hydroxylation is 1. The Balaban J connectivity index is 1.94. The van der Waals surface area contributed by atoms with Gasteiger partial charge >= 0.3 is 0 Å². The van der Waals surface area contributed by atoms with Crippen molar-refractivity contribution in [3.63, 3.8) is 0 Å². The van der Waals surface area contributed by atoms with Crippen LogP contribution >= 0.6 is 23.2 Å². The molecule has 0 fully saturated rings. The zero-order valence-corrected chi connectivity index (χ0v) is 16.0. The molecule has 0 saturated carbocycles. The van der Waals surface area contributed by atoms with Gasteiger partial charge in [-0.1, -0.05) is 23.2 Å². The number of aromatic nitrogens is 2. The number of hydrogen-bond donors (Lipinski definition) is 2. The molecule has 0 radical (unpaired) electrons. The highest BCUT2D eigenvalue weighted by atomic mass is 35.5. The summed E-state index contributed by atoms with van der Waals surface area (Å²) in [4.78, 5) is 16.4. The molecule has 1 amide bonds. The Morgan fingerprint density at radius 2 is 2.00 bits per heavy atom. The maximum absolute atomic E-state index is 12.4. The molecule has 2 aromatic rings. The van der Waals surface area contributed by atoms with E-state index in [9.17, 15) is 4.79 Å². The van der Waals surface area contributed by atoms with Crippen molar-refractivity contribution < 1.29 is 14.3 Å². The Kier molecular flexibility index (Phi) is 7.62. The summed E-state index contributed by atoms with van der Waals surface area (Å²) in [7, 11) is 3.03. The lowest BCUT2D eigenvalue weighted by atomic mass is 10.2. The van der Waals surface area contributed by atoms with Crippen LogP contribution in [-0.4, -0.2) is 36.2 Å². The van der Waals surface area contributed by atoms with E-state index in [2.05, 4.69) is 15.6 Å². The third-order valence-electron chi connectivity index (χ3n) is 3.53. The number of benzene rings is 1. The summed E-state index contributed by atoms with van der Waals surface area (Å²) in [5.41, 5.74) is 0.384. The van der Waals surface area contributed by atoms with Gasteiger partial charge in [0.25, 0.3) is 5.91 Å². The van der Waals surface area contributed by atoms with Crippen LogP contribution in [0.4, 0.5) is 0 Å². The van der Waals surface area contributed by atoms with Crippen molar-refractivity contribution in [1.82, 2.24) is 20.2 Å². The summed E-state index contributed by atoms with van der Waals surface area (Å²) < 4.78 is 12.3. The molecule has 0 spiro atoms. The van der Waals surface area contributed by atoms with Gasteiger partial charge in [0.15, 0.2) is 11.5 Å². The lowest BCUT2D eigenvalue weighted by Crippen LogP contribution is -2.32. The van der Waals surface area contributed by atoms with Crippen molar-refractivity contribution in [2.75, 3.05) is 20.8 Å². The summed E-state index contributed by atoms with van der Waals surface area (Å²) in [5.74, 6) is 0.865. The Morgan fingerprint density at radius 3 is 2.62 bits per heavy atom. The summed E-state index contributed by atoms with van der Waals surface area (Å²) in [5, 5.41) is 5.69. The lowest BCUT2D eigenvalue weighted by Gasteiger charge is -2.14. The largest absolute Gasteiger partial charge is 0.493 e. The molecular formula is C17H20Cl2N4O3. The van der Waals surface area contributed by atoms with Crippen LogP contribution in [0.1, 0.15) is 16.8 Å². The molecule has 0 unspecified atom stereocenters. The van der Waals surface area contributed by atoms with Gasteiger partial charge in [0.05, 0.1) is 20.5 Å². The molecule has 2 N–H and O–H groups in total. The van der Waals surface area contributed by atoms with E-state index in [1.807, 2.05) is 10.8 Å². The zero-order chi connectivity index (χ0) is 18.9. The fourth-order valence-corrected chi connectivity index (χ4v) is 2.44. The fourth-order valence-electron chi connectivity index (χ4n) is 2.22. The third kappa shape index (κ3) is 5.57. The van der Waals surface area contributed by atoms with Crippen LogP contribution in [0.25, 0.3) is 0 Å². The van der Waals surface area contributed by atoms with E-state index >= 15 is 0 Å². The number of carbonyl (C=O) groups is 1. The maximum Gasteiger partial charge on any atom is 0.256 e. The second-order valence-electron chi connectivity index (χ2n) is 5.24. The first kappa shape index (κ1) is 19.9. The first-order chi connectivity index (χ1) is 12.5. The number of hydrogen-bond acceptors (Lipinski definition) is 5. The Labute approximate surface area is 161 Å². The highest BCUT2D eigenvalue weighted by Gasteiger charge is 2.13. The Hall–Kier alpha value is -2.38. The van der Waals surface area contributed by atoms with Gasteiger partial charge in [0, 0.05) is 31.0 Å². The highest BCUT2D eigenvalue weighted by molar-refractivity contribution is 6.56. The molecule has 0 atom stereocenters. The van der Waals surface area contributed by atoms with E-state index in [0.29, 0.717) is 23.6 Å². The van der Waals surface area contributed by atoms with Crippen LogP contribution in [-0.2, 0) is 6.54 Å². The van der Waals surface area contributed by atoms with E-state index in [1.54, 1.807) is 30.7 Å². The minimum atomic E-state index is -0.373. The van der Waals surface area contributed by atoms with Gasteiger partial charge < -0.3 is 24.7 Å². The maximum atomic E-state index is 12.4. The van der Waals surface area contributed by atoms with Crippen molar-refractivity contribution in [3.8, 4) is 11.5 Å². The molecule has 7 nitrogen and oxygen atoms in total. The fraction of sp³-hybridized carbons (Fsp3) is 0.294. The standard InChI is InChI=1S/C17H20Cl2N4O3/c1-25-13-5-4-12(10-14(13)26-2)17(24)22-16(15(18)19)21-6-3-8-23-9-7-20-11-23/h4-5,7,9-11,21H,3,6,8H2,1-2H3,(H,22,24). The minimum Gasteiger partial charge on any atom is -0.493 e. The van der Waals surface area contributed by atoms with Gasteiger partial charge in [-0.15, -0.1) is 0 Å². The topological polar surface area (TPSA) is 77.4 Å². The second kappa shape index (κ2) is 9.94. The Bertz CT molecular complexity index is 759. The summed E-state index contributed by atoms with van der Waals surface area (Å²) in [6, 6.07) is 4.85. The monoisotopic (exact) mass is 398 g/mol. The molecule has 0 aliphatic rings. The van der Waals surface area contributed by atoms with E-state index in [-0.39, 0.29) is 16.2 Å². The number of nitrogens with one attached hydrogen (secondary N) is 2. The molecule has 0 aliphatic heterocycles. The zero-order valence-electron chi connectivity index (χ0n) is 14.5. The number of amides is 1. The van der Waals surface area contributed by atoms with Gasteiger partial charge in [-0.2, -0.15) is 0 Å². The van der Waals surface area contributed by atoms with Crippen LogP contribution in [0.15, 0.2) is 47.2 Å². The van der Waals surface area contributed by atoms with Crippen molar-refractivity contribution >= 4 is 29.1 Å². The number of imidazole rings is 1. The molecule has 1 aromatic carbocycles. The Morgan fingerprint density at radius 1 is 1.23 bits per heavy atom. The SMILES string of the molecule is COc1ccc(C(=O)NC(NCCCn2ccnc2)=C(Cl)Cl)cc1OC. The van der Waals surface area contributed by atoms with Crippen LogP contribution < -0.4 is 20.1 Å². The summed E-state index contributed by atoms with van der Waals surface area (Å²) in [6.07, 6.45) is 6.14. The van der Waals surface area contributed by atoms with Gasteiger partial charge in [0.1, 0.15) is 10.3 Å². The third-order valence-corrected chi connectivity index (χ3v) is 3.91. The molecule has 26 heavy (non-hydrogen) atoms. The molecular weight excluding hydrogens is 379 g/mol.